The second-order valence-electron chi connectivity index (χ2n) is 2.55. The van der Waals surface area contributed by atoms with Crippen molar-refractivity contribution in [3.05, 3.63) is 10.6 Å². The first-order valence-corrected chi connectivity index (χ1v) is 4.12. The first kappa shape index (κ1) is 8.18. The molecule has 0 radical (unpaired) electrons. The molecule has 0 spiro atoms. The van der Waals surface area contributed by atoms with Crippen molar-refractivity contribution in [2.75, 3.05) is 0 Å². The van der Waals surface area contributed by atoms with Crippen LogP contribution in [-0.2, 0) is 0 Å². The molecule has 0 aromatic heterocycles. The zero-order chi connectivity index (χ0) is 7.61. The second kappa shape index (κ2) is 2.99. The van der Waals surface area contributed by atoms with Gasteiger partial charge in [-0.1, -0.05) is 22.0 Å². The van der Waals surface area contributed by atoms with Crippen molar-refractivity contribution in [1.29, 1.82) is 0 Å². The van der Waals surface area contributed by atoms with Crippen LogP contribution in [0.1, 0.15) is 25.7 Å². The minimum absolute atomic E-state index is 0.00208. The summed E-state index contributed by atoms with van der Waals surface area (Å²) in [5.74, 6) is -2.44. The normalized spacial score (nSPS) is 25.3. The van der Waals surface area contributed by atoms with Crippen LogP contribution < -0.4 is 0 Å². The quantitative estimate of drug-likeness (QED) is 0.575. The first-order valence-electron chi connectivity index (χ1n) is 3.32. The van der Waals surface area contributed by atoms with Crippen LogP contribution >= 0.6 is 15.9 Å². The van der Waals surface area contributed by atoms with Crippen molar-refractivity contribution < 1.29 is 8.78 Å². The predicted octanol–water partition coefficient (Wildman–Crippen LogP) is 3.47. The standard InChI is InChI=1S/C7H9BrF2/c8-6-2-1-4-7(9,10)5-3-6/h2H,1,3-5H2. The van der Waals surface area contributed by atoms with E-state index >= 15 is 0 Å². The van der Waals surface area contributed by atoms with E-state index in [9.17, 15) is 8.78 Å². The Bertz CT molecular complexity index is 152. The van der Waals surface area contributed by atoms with E-state index in [0.717, 1.165) is 4.48 Å². The molecule has 0 amide bonds. The van der Waals surface area contributed by atoms with Gasteiger partial charge in [0, 0.05) is 12.8 Å². The highest BCUT2D eigenvalue weighted by Crippen LogP contribution is 2.32. The molecule has 0 unspecified atom stereocenters. The van der Waals surface area contributed by atoms with Crippen LogP contribution in [0.2, 0.25) is 0 Å². The Morgan fingerprint density at radius 3 is 2.80 bits per heavy atom. The molecule has 1 aliphatic rings. The van der Waals surface area contributed by atoms with Crippen molar-refractivity contribution in [3.8, 4) is 0 Å². The molecule has 0 bridgehead atoms. The first-order chi connectivity index (χ1) is 4.60. The van der Waals surface area contributed by atoms with Crippen molar-refractivity contribution in [1.82, 2.24) is 0 Å². The van der Waals surface area contributed by atoms with Crippen LogP contribution in [0.15, 0.2) is 10.6 Å². The summed E-state index contributed by atoms with van der Waals surface area (Å²) in [5.41, 5.74) is 0. The molecule has 0 heterocycles. The van der Waals surface area contributed by atoms with Crippen molar-refractivity contribution in [3.63, 3.8) is 0 Å². The average Bonchev–Trinajstić information content (AvgIpc) is 1.94. The predicted molar refractivity (Wildman–Crippen MR) is 40.4 cm³/mol. The van der Waals surface area contributed by atoms with Gasteiger partial charge in [0.15, 0.2) is 0 Å². The Morgan fingerprint density at radius 1 is 1.40 bits per heavy atom. The van der Waals surface area contributed by atoms with Gasteiger partial charge in [-0.2, -0.15) is 0 Å². The largest absolute Gasteiger partial charge is 0.248 e. The van der Waals surface area contributed by atoms with Crippen LogP contribution in [0.25, 0.3) is 0 Å². The van der Waals surface area contributed by atoms with E-state index in [2.05, 4.69) is 15.9 Å². The second-order valence-corrected chi connectivity index (χ2v) is 3.56. The number of alkyl halides is 2. The van der Waals surface area contributed by atoms with E-state index in [4.69, 9.17) is 0 Å². The lowest BCUT2D eigenvalue weighted by molar-refractivity contribution is -0.0125. The molecule has 0 fully saturated rings. The molecule has 0 aromatic carbocycles. The average molecular weight is 211 g/mol. The van der Waals surface area contributed by atoms with Gasteiger partial charge in [-0.15, -0.1) is 0 Å². The summed E-state index contributed by atoms with van der Waals surface area (Å²) < 4.78 is 26.1. The van der Waals surface area contributed by atoms with Crippen LogP contribution in [0.5, 0.6) is 0 Å². The lowest BCUT2D eigenvalue weighted by atomic mass is 10.1. The Kier molecular flexibility index (Phi) is 2.45. The van der Waals surface area contributed by atoms with Gasteiger partial charge in [-0.25, -0.2) is 8.78 Å². The highest BCUT2D eigenvalue weighted by molar-refractivity contribution is 9.11. The third kappa shape index (κ3) is 2.37. The fourth-order valence-electron chi connectivity index (χ4n) is 0.969. The molecule has 0 aromatic rings. The van der Waals surface area contributed by atoms with Gasteiger partial charge >= 0.3 is 0 Å². The van der Waals surface area contributed by atoms with E-state index in [1.807, 2.05) is 6.08 Å². The van der Waals surface area contributed by atoms with E-state index in [0.29, 0.717) is 12.8 Å². The van der Waals surface area contributed by atoms with Crippen LogP contribution in [0.3, 0.4) is 0 Å². The minimum Gasteiger partial charge on any atom is -0.207 e. The molecular formula is C7H9BrF2. The number of rotatable bonds is 0. The van der Waals surface area contributed by atoms with Crippen molar-refractivity contribution in [2.45, 2.75) is 31.6 Å². The van der Waals surface area contributed by atoms with Crippen LogP contribution in [-0.4, -0.2) is 5.92 Å². The smallest absolute Gasteiger partial charge is 0.207 e. The van der Waals surface area contributed by atoms with Gasteiger partial charge in [0.2, 0.25) is 5.92 Å². The van der Waals surface area contributed by atoms with E-state index in [-0.39, 0.29) is 12.8 Å². The maximum absolute atomic E-state index is 12.6. The molecule has 10 heavy (non-hydrogen) atoms. The van der Waals surface area contributed by atoms with Gasteiger partial charge in [-0.3, -0.25) is 0 Å². The molecule has 3 heteroatoms. The molecular weight excluding hydrogens is 202 g/mol. The molecule has 0 nitrogen and oxygen atoms in total. The summed E-state index contributed by atoms with van der Waals surface area (Å²) in [5, 5.41) is 0. The lowest BCUT2D eigenvalue weighted by Gasteiger charge is -2.11. The molecule has 0 N–H and O–H groups in total. The summed E-state index contributed by atoms with van der Waals surface area (Å²) in [6.07, 6.45) is 2.80. The maximum Gasteiger partial charge on any atom is 0.248 e. The monoisotopic (exact) mass is 210 g/mol. The summed E-state index contributed by atoms with van der Waals surface area (Å²) >= 11 is 3.22. The van der Waals surface area contributed by atoms with Crippen molar-refractivity contribution >= 4 is 15.9 Å². The fraction of sp³-hybridized carbons (Fsp3) is 0.714. The highest BCUT2D eigenvalue weighted by Gasteiger charge is 2.28. The summed E-state index contributed by atoms with van der Waals surface area (Å²) in [7, 11) is 0. The van der Waals surface area contributed by atoms with Gasteiger partial charge < -0.3 is 0 Å². The molecule has 1 rings (SSSR count). The number of allylic oxidation sites excluding steroid dienone is 2. The molecule has 0 atom stereocenters. The molecule has 58 valence electrons. The Labute approximate surface area is 67.4 Å². The SMILES string of the molecule is FC1(F)CCC=C(Br)CC1. The third-order valence-electron chi connectivity index (χ3n) is 1.61. The third-order valence-corrected chi connectivity index (χ3v) is 2.33. The molecule has 0 saturated carbocycles. The fourth-order valence-corrected chi connectivity index (χ4v) is 1.40. The lowest BCUT2D eigenvalue weighted by Crippen LogP contribution is -2.13. The van der Waals surface area contributed by atoms with Gasteiger partial charge in [-0.05, 0) is 17.3 Å². The summed E-state index contributed by atoms with van der Waals surface area (Å²) in [4.78, 5) is 0. The molecule has 1 aliphatic carbocycles. The Morgan fingerprint density at radius 2 is 2.10 bits per heavy atom. The number of hydrogen-bond donors (Lipinski definition) is 0. The van der Waals surface area contributed by atoms with Crippen molar-refractivity contribution in [2.24, 2.45) is 0 Å². The van der Waals surface area contributed by atoms with Crippen LogP contribution in [0.4, 0.5) is 8.78 Å². The van der Waals surface area contributed by atoms with Gasteiger partial charge in [0.05, 0.1) is 0 Å². The molecule has 0 saturated heterocycles. The minimum atomic E-state index is -2.44. The zero-order valence-corrected chi connectivity index (χ0v) is 7.13. The molecule has 0 aliphatic heterocycles. The number of halogens is 3. The highest BCUT2D eigenvalue weighted by atomic mass is 79.9. The summed E-state index contributed by atoms with van der Waals surface area (Å²) in [6.45, 7) is 0. The number of hydrogen-bond acceptors (Lipinski definition) is 0. The summed E-state index contributed by atoms with van der Waals surface area (Å²) in [6, 6.07) is 0. The maximum atomic E-state index is 12.6. The van der Waals surface area contributed by atoms with E-state index in [1.165, 1.54) is 0 Å². The van der Waals surface area contributed by atoms with E-state index in [1.54, 1.807) is 0 Å². The zero-order valence-electron chi connectivity index (χ0n) is 5.54. The van der Waals surface area contributed by atoms with Gasteiger partial charge in [0.1, 0.15) is 0 Å². The van der Waals surface area contributed by atoms with E-state index < -0.39 is 5.92 Å². The Hall–Kier alpha value is 0.0800. The van der Waals surface area contributed by atoms with Gasteiger partial charge in [0.25, 0.3) is 0 Å². The Balaban J connectivity index is 2.52. The van der Waals surface area contributed by atoms with Crippen LogP contribution in [0, 0.1) is 0 Å². The topological polar surface area (TPSA) is 0 Å².